The fourth-order valence-corrected chi connectivity index (χ4v) is 5.20. The summed E-state index contributed by atoms with van der Waals surface area (Å²) in [4.78, 5) is 21.4. The zero-order chi connectivity index (χ0) is 22.2. The summed E-state index contributed by atoms with van der Waals surface area (Å²) in [6.07, 6.45) is 0.480. The minimum Gasteiger partial charge on any atom is -0.342 e. The molecule has 4 nitrogen and oxygen atoms in total. The third kappa shape index (κ3) is 5.25. The van der Waals surface area contributed by atoms with Crippen molar-refractivity contribution in [3.63, 3.8) is 0 Å². The van der Waals surface area contributed by atoms with Crippen molar-refractivity contribution in [2.24, 2.45) is 11.8 Å². The van der Waals surface area contributed by atoms with Gasteiger partial charge in [0.2, 0.25) is 5.91 Å². The van der Waals surface area contributed by atoms with E-state index in [1.807, 2.05) is 4.90 Å². The van der Waals surface area contributed by atoms with E-state index in [2.05, 4.69) is 23.9 Å². The van der Waals surface area contributed by atoms with E-state index in [1.165, 1.54) is 6.20 Å². The Kier molecular flexibility index (Phi) is 7.48. The third-order valence-corrected chi connectivity index (χ3v) is 6.86. The molecule has 0 spiro atoms. The average molecular weight is 450 g/mol. The van der Waals surface area contributed by atoms with Crippen LogP contribution in [0.2, 0.25) is 0 Å². The molecule has 0 saturated carbocycles. The topological polar surface area (TPSA) is 36.4 Å². The van der Waals surface area contributed by atoms with Crippen LogP contribution in [-0.2, 0) is 11.0 Å². The molecular formula is C25H34F3N3O. The number of pyridine rings is 1. The predicted octanol–water partition coefficient (Wildman–Crippen LogP) is 5.57. The fourth-order valence-electron chi connectivity index (χ4n) is 5.20. The standard InChI is InChI=1S/C24H30F3N3O.CH4/c1-16-12-18(15-30(14-16)22(31)13-17-7-10-29(2)11-8-17)19-5-6-21(24(25,26)27)23-20(19)4-3-9-28-23;/h3-6,9,16-18H,7-8,10-15H2,1-2H3;1H4/t16-,18+;/m0./s1. The second kappa shape index (κ2) is 9.77. The third-order valence-electron chi connectivity index (χ3n) is 6.86. The van der Waals surface area contributed by atoms with E-state index in [0.29, 0.717) is 30.2 Å². The Morgan fingerprint density at radius 1 is 1.16 bits per heavy atom. The molecule has 2 fully saturated rings. The number of carbonyl (C=O) groups excluding carboxylic acids is 1. The number of benzene rings is 1. The van der Waals surface area contributed by atoms with Gasteiger partial charge < -0.3 is 9.80 Å². The molecule has 2 atom stereocenters. The van der Waals surface area contributed by atoms with E-state index in [9.17, 15) is 18.0 Å². The Labute approximate surface area is 188 Å². The second-order valence-electron chi connectivity index (χ2n) is 9.39. The van der Waals surface area contributed by atoms with Crippen LogP contribution in [0.5, 0.6) is 0 Å². The first-order valence-electron chi connectivity index (χ1n) is 11.1. The number of carbonyl (C=O) groups is 1. The number of halogens is 3. The molecule has 0 bridgehead atoms. The lowest BCUT2D eigenvalue weighted by atomic mass is 9.82. The summed E-state index contributed by atoms with van der Waals surface area (Å²) >= 11 is 0. The van der Waals surface area contributed by atoms with Gasteiger partial charge in [0.1, 0.15) is 0 Å². The fraction of sp³-hybridized carbons (Fsp3) is 0.600. The Morgan fingerprint density at radius 2 is 1.88 bits per heavy atom. The van der Waals surface area contributed by atoms with Crippen LogP contribution >= 0.6 is 0 Å². The first-order chi connectivity index (χ1) is 14.7. The SMILES string of the molecule is C.C[C@H]1C[C@@H](c2ccc(C(F)(F)F)c3ncccc23)CN(C(=O)CC2CCN(C)CC2)C1. The van der Waals surface area contributed by atoms with Crippen molar-refractivity contribution >= 4 is 16.8 Å². The van der Waals surface area contributed by atoms with Gasteiger partial charge in [0.25, 0.3) is 0 Å². The molecule has 2 aliphatic rings. The van der Waals surface area contributed by atoms with E-state index in [4.69, 9.17) is 0 Å². The minimum absolute atomic E-state index is 0. The summed E-state index contributed by atoms with van der Waals surface area (Å²) in [5.41, 5.74) is 0.153. The van der Waals surface area contributed by atoms with Gasteiger partial charge in [0.05, 0.1) is 11.1 Å². The Hall–Kier alpha value is -2.15. The molecule has 32 heavy (non-hydrogen) atoms. The maximum Gasteiger partial charge on any atom is 0.418 e. The molecule has 2 aromatic rings. The zero-order valence-corrected chi connectivity index (χ0v) is 18.2. The van der Waals surface area contributed by atoms with Gasteiger partial charge in [-0.15, -0.1) is 0 Å². The number of nitrogens with zero attached hydrogens (tertiary/aromatic N) is 3. The quantitative estimate of drug-likeness (QED) is 0.614. The number of hydrogen-bond acceptors (Lipinski definition) is 3. The maximum atomic E-state index is 13.5. The van der Waals surface area contributed by atoms with Crippen molar-refractivity contribution in [1.82, 2.24) is 14.8 Å². The lowest BCUT2D eigenvalue weighted by molar-refractivity contribution is -0.136. The molecule has 2 saturated heterocycles. The molecule has 2 aliphatic heterocycles. The van der Waals surface area contributed by atoms with E-state index in [0.717, 1.165) is 50.5 Å². The number of alkyl halides is 3. The molecule has 4 rings (SSSR count). The molecule has 1 amide bonds. The van der Waals surface area contributed by atoms with E-state index in [1.54, 1.807) is 18.2 Å². The van der Waals surface area contributed by atoms with E-state index in [-0.39, 0.29) is 24.8 Å². The number of amides is 1. The van der Waals surface area contributed by atoms with Crippen LogP contribution in [0, 0.1) is 11.8 Å². The highest BCUT2D eigenvalue weighted by atomic mass is 19.4. The van der Waals surface area contributed by atoms with Crippen LogP contribution in [0.4, 0.5) is 13.2 Å². The number of aromatic nitrogens is 1. The van der Waals surface area contributed by atoms with Crippen LogP contribution in [0.15, 0.2) is 30.5 Å². The van der Waals surface area contributed by atoms with Gasteiger partial charge in [-0.2, -0.15) is 13.2 Å². The van der Waals surface area contributed by atoms with Crippen molar-refractivity contribution in [1.29, 1.82) is 0 Å². The lowest BCUT2D eigenvalue weighted by Crippen LogP contribution is -2.43. The van der Waals surface area contributed by atoms with Crippen LogP contribution in [-0.4, -0.2) is 53.9 Å². The molecule has 176 valence electrons. The summed E-state index contributed by atoms with van der Waals surface area (Å²) in [6.45, 7) is 5.46. The van der Waals surface area contributed by atoms with Gasteiger partial charge >= 0.3 is 6.18 Å². The van der Waals surface area contributed by atoms with Gasteiger partial charge in [-0.05, 0) is 68.9 Å². The Balaban J connectivity index is 0.00000289. The summed E-state index contributed by atoms with van der Waals surface area (Å²) in [7, 11) is 2.11. The van der Waals surface area contributed by atoms with Crippen molar-refractivity contribution in [2.45, 2.75) is 52.1 Å². The predicted molar refractivity (Wildman–Crippen MR) is 121 cm³/mol. The van der Waals surface area contributed by atoms with Crippen molar-refractivity contribution in [3.05, 3.63) is 41.6 Å². The molecule has 7 heteroatoms. The van der Waals surface area contributed by atoms with Crippen LogP contribution in [0.3, 0.4) is 0 Å². The summed E-state index contributed by atoms with van der Waals surface area (Å²) in [6, 6.07) is 6.14. The first kappa shape index (κ1) is 24.5. The largest absolute Gasteiger partial charge is 0.418 e. The lowest BCUT2D eigenvalue weighted by Gasteiger charge is -2.38. The Bertz CT molecular complexity index is 938. The molecule has 0 aliphatic carbocycles. The zero-order valence-electron chi connectivity index (χ0n) is 18.2. The highest BCUT2D eigenvalue weighted by Gasteiger charge is 2.36. The molecule has 0 unspecified atom stereocenters. The Morgan fingerprint density at radius 3 is 2.56 bits per heavy atom. The van der Waals surface area contributed by atoms with Crippen molar-refractivity contribution < 1.29 is 18.0 Å². The van der Waals surface area contributed by atoms with E-state index >= 15 is 0 Å². The number of rotatable bonds is 3. The number of fused-ring (bicyclic) bond motifs is 1. The minimum atomic E-state index is -4.44. The second-order valence-corrected chi connectivity index (χ2v) is 9.39. The highest BCUT2D eigenvalue weighted by molar-refractivity contribution is 5.86. The van der Waals surface area contributed by atoms with Gasteiger partial charge in [-0.25, -0.2) is 0 Å². The highest BCUT2D eigenvalue weighted by Crippen LogP contribution is 2.39. The first-order valence-corrected chi connectivity index (χ1v) is 11.1. The van der Waals surface area contributed by atoms with Crippen LogP contribution in [0.1, 0.15) is 57.1 Å². The molecule has 1 aromatic carbocycles. The number of likely N-dealkylation sites (tertiary alicyclic amines) is 2. The van der Waals surface area contributed by atoms with Crippen molar-refractivity contribution in [2.75, 3.05) is 33.2 Å². The summed E-state index contributed by atoms with van der Waals surface area (Å²) in [5, 5.41) is 0.541. The van der Waals surface area contributed by atoms with Gasteiger partial charge in [0, 0.05) is 37.0 Å². The van der Waals surface area contributed by atoms with Crippen molar-refractivity contribution in [3.8, 4) is 0 Å². The molecule has 1 aromatic heterocycles. The maximum absolute atomic E-state index is 13.5. The summed E-state index contributed by atoms with van der Waals surface area (Å²) < 4.78 is 40.4. The monoisotopic (exact) mass is 449 g/mol. The van der Waals surface area contributed by atoms with Gasteiger partial charge in [0.15, 0.2) is 0 Å². The normalized spacial score (nSPS) is 23.2. The molecular weight excluding hydrogens is 415 g/mol. The average Bonchev–Trinajstić information content (AvgIpc) is 2.73. The molecule has 0 radical (unpaired) electrons. The molecule has 3 heterocycles. The van der Waals surface area contributed by atoms with Crippen LogP contribution in [0.25, 0.3) is 10.9 Å². The van der Waals surface area contributed by atoms with E-state index < -0.39 is 11.7 Å². The smallest absolute Gasteiger partial charge is 0.342 e. The van der Waals surface area contributed by atoms with Gasteiger partial charge in [-0.1, -0.05) is 26.5 Å². The number of piperidine rings is 2. The molecule has 0 N–H and O–H groups in total. The summed E-state index contributed by atoms with van der Waals surface area (Å²) in [5.74, 6) is 0.921. The number of hydrogen-bond donors (Lipinski definition) is 0. The van der Waals surface area contributed by atoms with Crippen LogP contribution < -0.4 is 0 Å². The van der Waals surface area contributed by atoms with Gasteiger partial charge in [-0.3, -0.25) is 9.78 Å².